The van der Waals surface area contributed by atoms with Gasteiger partial charge in [0.25, 0.3) is 0 Å². The first-order chi connectivity index (χ1) is 5.36. The zero-order valence-electron chi connectivity index (χ0n) is 6.54. The SMILES string of the molecule is [GaH2][c]1ccc2ccccc2c1. The molecule has 1 heteroatoms. The fraction of sp³-hybridized carbons (Fsp3) is 0. The summed E-state index contributed by atoms with van der Waals surface area (Å²) in [5, 5.41) is 2.72. The summed E-state index contributed by atoms with van der Waals surface area (Å²) in [6, 6.07) is 15.2. The number of hydrogen-bond acceptors (Lipinski definition) is 0. The van der Waals surface area contributed by atoms with Crippen LogP contribution < -0.4 is 4.12 Å². The minimum absolute atomic E-state index is 0.803. The maximum absolute atomic E-state index is 2.29. The summed E-state index contributed by atoms with van der Waals surface area (Å²) >= 11 is 0.803. The van der Waals surface area contributed by atoms with Gasteiger partial charge in [0, 0.05) is 0 Å². The van der Waals surface area contributed by atoms with Crippen molar-refractivity contribution in [3.05, 3.63) is 42.5 Å². The average molecular weight is 199 g/mol. The van der Waals surface area contributed by atoms with Crippen molar-refractivity contribution >= 4 is 33.5 Å². The van der Waals surface area contributed by atoms with E-state index in [2.05, 4.69) is 42.5 Å². The molecular weight excluding hydrogens is 190 g/mol. The molecule has 2 aromatic carbocycles. The summed E-state index contributed by atoms with van der Waals surface area (Å²) < 4.78 is 1.51. The van der Waals surface area contributed by atoms with E-state index in [9.17, 15) is 0 Å². The Morgan fingerprint density at radius 3 is 2.36 bits per heavy atom. The van der Waals surface area contributed by atoms with Crippen LogP contribution in [0.25, 0.3) is 10.8 Å². The van der Waals surface area contributed by atoms with E-state index in [4.69, 9.17) is 0 Å². The van der Waals surface area contributed by atoms with Crippen molar-refractivity contribution in [2.24, 2.45) is 0 Å². The third kappa shape index (κ3) is 1.34. The number of hydrogen-bond donors (Lipinski definition) is 0. The molecule has 2 aromatic rings. The topological polar surface area (TPSA) is 0 Å². The molecule has 0 heterocycles. The Labute approximate surface area is 76.2 Å². The van der Waals surface area contributed by atoms with Crippen molar-refractivity contribution in [1.82, 2.24) is 0 Å². The van der Waals surface area contributed by atoms with Crippen LogP contribution in [0, 0.1) is 0 Å². The van der Waals surface area contributed by atoms with E-state index >= 15 is 0 Å². The van der Waals surface area contributed by atoms with Crippen LogP contribution >= 0.6 is 0 Å². The Balaban J connectivity index is 2.83. The molecule has 0 bridgehead atoms. The third-order valence-corrected chi connectivity index (χ3v) is 3.21. The van der Waals surface area contributed by atoms with Crippen molar-refractivity contribution < 1.29 is 0 Å². The number of benzene rings is 2. The van der Waals surface area contributed by atoms with Gasteiger partial charge in [0.2, 0.25) is 0 Å². The molecule has 0 N–H and O–H groups in total. The van der Waals surface area contributed by atoms with Gasteiger partial charge in [-0.05, 0) is 0 Å². The van der Waals surface area contributed by atoms with Crippen LogP contribution in [0.5, 0.6) is 0 Å². The minimum atomic E-state index is 0.803. The van der Waals surface area contributed by atoms with Crippen LogP contribution in [-0.4, -0.2) is 18.6 Å². The zero-order valence-corrected chi connectivity index (χ0v) is 10.7. The summed E-state index contributed by atoms with van der Waals surface area (Å²) in [7, 11) is 0. The van der Waals surface area contributed by atoms with Crippen LogP contribution in [0.1, 0.15) is 0 Å². The predicted molar refractivity (Wildman–Crippen MR) is 52.1 cm³/mol. The summed E-state index contributed by atoms with van der Waals surface area (Å²) in [6.45, 7) is 0. The van der Waals surface area contributed by atoms with Crippen molar-refractivity contribution in [3.63, 3.8) is 0 Å². The van der Waals surface area contributed by atoms with Gasteiger partial charge in [0.15, 0.2) is 0 Å². The number of rotatable bonds is 0. The van der Waals surface area contributed by atoms with Gasteiger partial charge in [-0.25, -0.2) is 0 Å². The molecule has 0 aliphatic heterocycles. The summed E-state index contributed by atoms with van der Waals surface area (Å²) in [4.78, 5) is 0. The maximum atomic E-state index is 2.29. The van der Waals surface area contributed by atoms with E-state index < -0.39 is 0 Å². The van der Waals surface area contributed by atoms with Gasteiger partial charge >= 0.3 is 76.0 Å². The van der Waals surface area contributed by atoms with Gasteiger partial charge in [0.05, 0.1) is 0 Å². The summed E-state index contributed by atoms with van der Waals surface area (Å²) in [6.07, 6.45) is 0. The molecule has 0 fully saturated rings. The van der Waals surface area contributed by atoms with Gasteiger partial charge in [-0.15, -0.1) is 0 Å². The Morgan fingerprint density at radius 1 is 0.818 bits per heavy atom. The summed E-state index contributed by atoms with van der Waals surface area (Å²) in [5.41, 5.74) is 0. The van der Waals surface area contributed by atoms with E-state index in [0.717, 1.165) is 18.6 Å². The van der Waals surface area contributed by atoms with E-state index in [1.54, 1.807) is 0 Å². The molecule has 0 atom stereocenters. The molecule has 0 saturated carbocycles. The molecule has 0 amide bonds. The van der Waals surface area contributed by atoms with Crippen molar-refractivity contribution in [1.29, 1.82) is 0 Å². The standard InChI is InChI=1S/C10H7.Ga.2H/c1-2-6-10-8-4-3-7-9(10)5-1;;;/h1-3,5-8H;;;. The molecule has 52 valence electrons. The molecule has 0 spiro atoms. The molecule has 0 nitrogen and oxygen atoms in total. The quantitative estimate of drug-likeness (QED) is 0.557. The molecule has 0 unspecified atom stereocenters. The monoisotopic (exact) mass is 198 g/mol. The fourth-order valence-electron chi connectivity index (χ4n) is 1.31. The van der Waals surface area contributed by atoms with E-state index in [1.165, 1.54) is 14.9 Å². The Hall–Kier alpha value is -0.664. The Morgan fingerprint density at radius 2 is 1.55 bits per heavy atom. The molecule has 11 heavy (non-hydrogen) atoms. The molecule has 2 rings (SSSR count). The fourth-order valence-corrected chi connectivity index (χ4v) is 2.31. The van der Waals surface area contributed by atoms with E-state index in [0.29, 0.717) is 0 Å². The molecule has 0 aliphatic carbocycles. The Bertz CT molecular complexity index is 379. The van der Waals surface area contributed by atoms with Crippen LogP contribution in [0.3, 0.4) is 0 Å². The van der Waals surface area contributed by atoms with Crippen molar-refractivity contribution in [3.8, 4) is 0 Å². The van der Waals surface area contributed by atoms with Gasteiger partial charge in [0.1, 0.15) is 0 Å². The second kappa shape index (κ2) is 2.76. The molecule has 0 saturated heterocycles. The Kier molecular flexibility index (Phi) is 1.76. The first-order valence-electron chi connectivity index (χ1n) is 3.82. The van der Waals surface area contributed by atoms with Gasteiger partial charge in [-0.2, -0.15) is 0 Å². The molecular formula is C10H9Ga. The normalized spacial score (nSPS) is 10.2. The second-order valence-corrected chi connectivity index (χ2v) is 5.27. The van der Waals surface area contributed by atoms with Gasteiger partial charge in [-0.3, -0.25) is 0 Å². The molecule has 0 aromatic heterocycles. The summed E-state index contributed by atoms with van der Waals surface area (Å²) in [5.74, 6) is 0. The van der Waals surface area contributed by atoms with E-state index in [-0.39, 0.29) is 0 Å². The van der Waals surface area contributed by atoms with Crippen LogP contribution in [0.15, 0.2) is 42.5 Å². The predicted octanol–water partition coefficient (Wildman–Crippen LogP) is 1.10. The molecule has 0 aliphatic rings. The number of fused-ring (bicyclic) bond motifs is 1. The third-order valence-electron chi connectivity index (χ3n) is 1.90. The van der Waals surface area contributed by atoms with E-state index in [1.807, 2.05) is 0 Å². The molecule has 0 radical (unpaired) electrons. The van der Waals surface area contributed by atoms with Crippen LogP contribution in [-0.2, 0) is 0 Å². The van der Waals surface area contributed by atoms with Crippen molar-refractivity contribution in [2.45, 2.75) is 0 Å². The average Bonchev–Trinajstić information content (AvgIpc) is 2.04. The van der Waals surface area contributed by atoms with Crippen LogP contribution in [0.2, 0.25) is 0 Å². The van der Waals surface area contributed by atoms with Gasteiger partial charge < -0.3 is 0 Å². The van der Waals surface area contributed by atoms with Crippen LogP contribution in [0.4, 0.5) is 0 Å². The van der Waals surface area contributed by atoms with Gasteiger partial charge in [-0.1, -0.05) is 0 Å². The second-order valence-electron chi connectivity index (χ2n) is 2.85. The first-order valence-corrected chi connectivity index (χ1v) is 5.91. The zero-order chi connectivity index (χ0) is 7.68. The first kappa shape index (κ1) is 7.01. The van der Waals surface area contributed by atoms with Crippen molar-refractivity contribution in [2.75, 3.05) is 0 Å².